The first kappa shape index (κ1) is 25.3. The Morgan fingerprint density at radius 2 is 1.58 bits per heavy atom. The number of aliphatic hydroxyl groups excluding tert-OH is 4. The average molecular weight is 354 g/mol. The summed E-state index contributed by atoms with van der Waals surface area (Å²) < 4.78 is 13.2. The van der Waals surface area contributed by atoms with Crippen molar-refractivity contribution in [2.24, 2.45) is 0 Å². The third kappa shape index (κ3) is 10.7. The molecule has 0 bridgehead atoms. The maximum atomic E-state index is 10.5. The topological polar surface area (TPSA) is 185 Å². The van der Waals surface area contributed by atoms with Gasteiger partial charge in [-0.1, -0.05) is 0 Å². The quantitative estimate of drug-likeness (QED) is 0.152. The Balaban J connectivity index is -0.000000320. The van der Waals surface area contributed by atoms with Gasteiger partial charge in [0.1, 0.15) is 6.10 Å². The van der Waals surface area contributed by atoms with Gasteiger partial charge in [-0.2, -0.15) is 0 Å². The third-order valence-electron chi connectivity index (χ3n) is 1.48. The van der Waals surface area contributed by atoms with Crippen molar-refractivity contribution >= 4 is 89.3 Å². The summed E-state index contributed by atoms with van der Waals surface area (Å²) in [6, 6.07) is 0. The van der Waals surface area contributed by atoms with Crippen molar-refractivity contribution < 1.29 is 49.2 Å². The molecule has 7 N–H and O–H groups in total. The number of rotatable bonds is 2. The van der Waals surface area contributed by atoms with Crippen LogP contribution >= 0.6 is 7.82 Å². The van der Waals surface area contributed by atoms with Crippen LogP contribution in [-0.4, -0.2) is 135 Å². The minimum absolute atomic E-state index is 0. The molecule has 100 valence electrons. The molecule has 0 saturated carbocycles. The summed E-state index contributed by atoms with van der Waals surface area (Å²) in [5.41, 5.74) is 0. The summed E-state index contributed by atoms with van der Waals surface area (Å²) in [6.45, 7) is -0.671. The van der Waals surface area contributed by atoms with E-state index in [0.717, 1.165) is 0 Å². The molecule has 1 rings (SSSR count). The Labute approximate surface area is 166 Å². The van der Waals surface area contributed by atoms with Crippen LogP contribution in [0, 0.1) is 0 Å². The van der Waals surface area contributed by atoms with Crippen LogP contribution in [0.2, 0.25) is 0 Å². The van der Waals surface area contributed by atoms with Crippen LogP contribution in [0.25, 0.3) is 0 Å². The Morgan fingerprint density at radius 1 is 1.21 bits per heavy atom. The van der Waals surface area contributed by atoms with Gasteiger partial charge >= 0.3 is 89.3 Å². The van der Waals surface area contributed by atoms with E-state index in [1.165, 1.54) is 0 Å². The van der Waals surface area contributed by atoms with Gasteiger partial charge < -0.3 is 39.8 Å². The van der Waals surface area contributed by atoms with Gasteiger partial charge in [-0.25, -0.2) is 9.36 Å². The molecular weight excluding hydrogens is 343 g/mol. The summed E-state index contributed by atoms with van der Waals surface area (Å²) in [5.74, 6) is -2.78. The van der Waals surface area contributed by atoms with Gasteiger partial charge in [0.15, 0.2) is 11.9 Å². The predicted molar refractivity (Wildman–Crippen MR) is 61.0 cm³/mol. The number of esters is 1. The summed E-state index contributed by atoms with van der Waals surface area (Å²) in [6.07, 6.45) is -2.78. The fraction of sp³-hybridized carbons (Fsp3) is 0.500. The maximum Gasteiger partial charge on any atom is 2.00 e. The van der Waals surface area contributed by atoms with E-state index in [9.17, 15) is 4.79 Å². The van der Waals surface area contributed by atoms with Crippen LogP contribution in [0.3, 0.4) is 0 Å². The van der Waals surface area contributed by atoms with Gasteiger partial charge in [-0.05, 0) is 0 Å². The molecule has 19 heavy (non-hydrogen) atoms. The van der Waals surface area contributed by atoms with Crippen LogP contribution in [0.15, 0.2) is 11.5 Å². The number of carbonyl (C=O) groups is 1. The summed E-state index contributed by atoms with van der Waals surface area (Å²) in [7, 11) is -4.64. The smallest absolute Gasteiger partial charge is 0.505 e. The SMILES string of the molecule is O=C1O[C@H]([C@@H](O)CO)C(O)=C1O.O=P(O)(O)O.[Ca+2].[Ca+2]. The summed E-state index contributed by atoms with van der Waals surface area (Å²) >= 11 is 0. The molecular formula is C6H11Ca2O10P+4. The van der Waals surface area contributed by atoms with E-state index in [1.54, 1.807) is 0 Å². The summed E-state index contributed by atoms with van der Waals surface area (Å²) in [4.78, 5) is 32.1. The number of ether oxygens (including phenoxy) is 1. The first-order valence-electron chi connectivity index (χ1n) is 3.98. The van der Waals surface area contributed by atoms with Crippen LogP contribution in [-0.2, 0) is 14.1 Å². The zero-order valence-electron chi connectivity index (χ0n) is 9.58. The molecule has 0 aromatic rings. The maximum absolute atomic E-state index is 10.5. The molecule has 0 aliphatic carbocycles. The van der Waals surface area contributed by atoms with Crippen molar-refractivity contribution in [3.05, 3.63) is 11.5 Å². The van der Waals surface area contributed by atoms with E-state index < -0.39 is 44.1 Å². The van der Waals surface area contributed by atoms with E-state index in [-0.39, 0.29) is 75.5 Å². The second-order valence-corrected chi connectivity index (χ2v) is 3.85. The van der Waals surface area contributed by atoms with Crippen LogP contribution in [0.4, 0.5) is 0 Å². The Morgan fingerprint density at radius 3 is 1.79 bits per heavy atom. The molecule has 0 fully saturated rings. The van der Waals surface area contributed by atoms with E-state index in [0.29, 0.717) is 0 Å². The van der Waals surface area contributed by atoms with Crippen LogP contribution in [0.1, 0.15) is 0 Å². The van der Waals surface area contributed by atoms with Gasteiger partial charge in [-0.15, -0.1) is 0 Å². The molecule has 0 saturated heterocycles. The second kappa shape index (κ2) is 11.0. The largest absolute Gasteiger partial charge is 2.00 e. The number of hydrogen-bond donors (Lipinski definition) is 7. The molecule has 1 aliphatic heterocycles. The van der Waals surface area contributed by atoms with Crippen molar-refractivity contribution in [2.45, 2.75) is 12.2 Å². The van der Waals surface area contributed by atoms with Gasteiger partial charge in [0.05, 0.1) is 6.61 Å². The average Bonchev–Trinajstić information content (AvgIpc) is 2.42. The first-order valence-corrected chi connectivity index (χ1v) is 5.54. The molecule has 1 heterocycles. The molecule has 0 radical (unpaired) electrons. The first-order chi connectivity index (χ1) is 7.57. The van der Waals surface area contributed by atoms with Crippen molar-refractivity contribution in [1.29, 1.82) is 0 Å². The Kier molecular flexibility index (Phi) is 14.7. The molecule has 10 nitrogen and oxygen atoms in total. The molecule has 1 aliphatic rings. The second-order valence-electron chi connectivity index (χ2n) is 2.82. The molecule has 0 spiro atoms. The van der Waals surface area contributed by atoms with Crippen molar-refractivity contribution in [2.75, 3.05) is 6.61 Å². The number of aliphatic hydroxyl groups is 4. The van der Waals surface area contributed by atoms with Gasteiger partial charge in [0.2, 0.25) is 5.76 Å². The van der Waals surface area contributed by atoms with E-state index >= 15 is 0 Å². The van der Waals surface area contributed by atoms with E-state index in [2.05, 4.69) is 4.74 Å². The Hall–Kier alpha value is 1.36. The molecule has 0 amide bonds. The van der Waals surface area contributed by atoms with Crippen LogP contribution in [0.5, 0.6) is 0 Å². The molecule has 0 unspecified atom stereocenters. The Bertz CT molecular complexity index is 357. The minimum Gasteiger partial charge on any atom is -0.505 e. The molecule has 0 aromatic heterocycles. The molecule has 13 heteroatoms. The minimum atomic E-state index is -4.64. The summed E-state index contributed by atoms with van der Waals surface area (Å²) in [5, 5.41) is 35.0. The number of carbonyl (C=O) groups excluding carboxylic acids is 1. The van der Waals surface area contributed by atoms with Gasteiger partial charge in [-0.3, -0.25) is 0 Å². The van der Waals surface area contributed by atoms with E-state index in [4.69, 9.17) is 39.7 Å². The fourth-order valence-electron chi connectivity index (χ4n) is 0.823. The zero-order valence-corrected chi connectivity index (χ0v) is 14.9. The number of hydrogen-bond acceptors (Lipinski definition) is 7. The van der Waals surface area contributed by atoms with Crippen molar-refractivity contribution in [3.63, 3.8) is 0 Å². The van der Waals surface area contributed by atoms with Gasteiger partial charge in [0.25, 0.3) is 0 Å². The van der Waals surface area contributed by atoms with Crippen molar-refractivity contribution in [1.82, 2.24) is 0 Å². The fourth-order valence-corrected chi connectivity index (χ4v) is 0.823. The van der Waals surface area contributed by atoms with Crippen LogP contribution < -0.4 is 0 Å². The molecule has 0 aromatic carbocycles. The predicted octanol–water partition coefficient (Wildman–Crippen LogP) is -3.10. The van der Waals surface area contributed by atoms with Gasteiger partial charge in [0, 0.05) is 0 Å². The zero-order chi connectivity index (χ0) is 13.8. The third-order valence-corrected chi connectivity index (χ3v) is 1.48. The normalized spacial score (nSPS) is 19.4. The molecule has 2 atom stereocenters. The number of cyclic esters (lactones) is 1. The van der Waals surface area contributed by atoms with Crippen molar-refractivity contribution in [3.8, 4) is 0 Å². The number of phosphoric acid groups is 1. The standard InChI is InChI=1S/C6H8O6.2Ca.H3O4P/c7-1-2(8)5-3(9)4(10)6(11)12-5;;;1-5(2,3)4/h2,5,7-10H,1H2;;;(H3,1,2,3,4)/q;2*+2;/t2-,5+;;;/m0.../s1. The monoisotopic (exact) mass is 354 g/mol. The van der Waals surface area contributed by atoms with E-state index in [1.807, 2.05) is 0 Å².